The summed E-state index contributed by atoms with van der Waals surface area (Å²) in [5, 5.41) is 18.2. The second-order valence-corrected chi connectivity index (χ2v) is 17.5. The number of esters is 2. The number of methoxy groups -OCH3 is 2. The van der Waals surface area contributed by atoms with Crippen LogP contribution in [0.2, 0.25) is 0 Å². The minimum atomic E-state index is -0.473. The summed E-state index contributed by atoms with van der Waals surface area (Å²) in [6.07, 6.45) is 0. The number of nitrogens with one attached hydrogen (secondary N) is 2. The molecule has 3 fully saturated rings. The molecule has 0 aliphatic carbocycles. The van der Waals surface area contributed by atoms with Crippen LogP contribution in [-0.2, 0) is 39.1 Å². The third kappa shape index (κ3) is 8.72. The molecule has 3 saturated heterocycles. The van der Waals surface area contributed by atoms with Crippen molar-refractivity contribution in [2.75, 3.05) is 40.6 Å². The maximum Gasteiger partial charge on any atom is 0.495 e. The van der Waals surface area contributed by atoms with Crippen LogP contribution in [0.4, 0.5) is 0 Å². The molecular formula is C42H50BIN6O8. The van der Waals surface area contributed by atoms with Crippen molar-refractivity contribution in [3.63, 3.8) is 0 Å². The van der Waals surface area contributed by atoms with Crippen molar-refractivity contribution in [1.29, 1.82) is 10.5 Å². The smallest absolute Gasteiger partial charge is 0.465 e. The maximum absolute atomic E-state index is 12.0. The third-order valence-electron chi connectivity index (χ3n) is 11.2. The number of hydrogen-bond donors (Lipinski definition) is 2. The average molecular weight is 905 g/mol. The first-order valence-electron chi connectivity index (χ1n) is 18.7. The number of halogens is 1. The molecule has 14 nitrogen and oxygen atoms in total. The van der Waals surface area contributed by atoms with Crippen LogP contribution in [0.3, 0.4) is 0 Å². The normalized spacial score (nSPS) is 17.8. The Labute approximate surface area is 353 Å². The van der Waals surface area contributed by atoms with Crippen molar-refractivity contribution >= 4 is 47.1 Å². The molecule has 0 amide bonds. The summed E-state index contributed by atoms with van der Waals surface area (Å²) in [5.41, 5.74) is 6.81. The van der Waals surface area contributed by atoms with Gasteiger partial charge in [-0.3, -0.25) is 0 Å². The molecule has 7 rings (SSSR count). The second-order valence-electron chi connectivity index (χ2n) is 16.5. The Balaban J connectivity index is 0.000000173. The zero-order valence-corrected chi connectivity index (χ0v) is 37.3. The van der Waals surface area contributed by atoms with Crippen LogP contribution < -0.4 is 5.46 Å². The number of carbonyl (C=O) groups excluding carboxylic acids is 2. The van der Waals surface area contributed by atoms with Gasteiger partial charge in [-0.1, -0.05) is 17.7 Å². The molecule has 16 heteroatoms. The van der Waals surface area contributed by atoms with Gasteiger partial charge in [0, 0.05) is 5.56 Å². The Morgan fingerprint density at radius 1 is 0.707 bits per heavy atom. The van der Waals surface area contributed by atoms with E-state index in [1.165, 1.54) is 14.2 Å². The molecule has 0 saturated carbocycles. The molecule has 0 spiro atoms. The Morgan fingerprint density at radius 2 is 1.16 bits per heavy atom. The van der Waals surface area contributed by atoms with E-state index in [1.807, 2.05) is 86.6 Å². The van der Waals surface area contributed by atoms with Crippen LogP contribution in [0.25, 0.3) is 11.3 Å². The fourth-order valence-corrected chi connectivity index (χ4v) is 7.11. The number of rotatable bonds is 6. The van der Waals surface area contributed by atoms with Gasteiger partial charge >= 0.3 is 19.1 Å². The van der Waals surface area contributed by atoms with E-state index in [4.69, 9.17) is 33.5 Å². The predicted molar refractivity (Wildman–Crippen MR) is 225 cm³/mol. The second kappa shape index (κ2) is 16.9. The molecule has 2 aromatic carbocycles. The van der Waals surface area contributed by atoms with Gasteiger partial charge in [-0.25, -0.2) is 19.6 Å². The summed E-state index contributed by atoms with van der Waals surface area (Å²) >= 11 is 2.08. The van der Waals surface area contributed by atoms with Gasteiger partial charge in [-0.05, 0) is 126 Å². The molecule has 0 bridgehead atoms. The summed E-state index contributed by atoms with van der Waals surface area (Å²) in [6, 6.07) is 11.6. The van der Waals surface area contributed by atoms with Crippen LogP contribution in [0.15, 0.2) is 24.3 Å². The lowest BCUT2D eigenvalue weighted by Gasteiger charge is -2.36. The first kappa shape index (κ1) is 44.5. The molecule has 4 aromatic rings. The highest BCUT2D eigenvalue weighted by Crippen LogP contribution is 2.37. The van der Waals surface area contributed by atoms with E-state index in [0.717, 1.165) is 48.6 Å². The van der Waals surface area contributed by atoms with Gasteiger partial charge in [0.2, 0.25) is 0 Å². The number of H-pyrrole nitrogens is 2. The lowest BCUT2D eigenvalue weighted by molar-refractivity contribution is -0.0540. The van der Waals surface area contributed by atoms with E-state index >= 15 is 0 Å². The number of nitrogens with zero attached hydrogens (tertiary/aromatic N) is 4. The maximum atomic E-state index is 12.0. The van der Waals surface area contributed by atoms with Crippen molar-refractivity contribution < 1.29 is 37.8 Å². The summed E-state index contributed by atoms with van der Waals surface area (Å²) in [7, 11) is 2.27. The van der Waals surface area contributed by atoms with Gasteiger partial charge in [0.1, 0.15) is 27.5 Å². The molecular weight excluding hydrogens is 854 g/mol. The fourth-order valence-electron chi connectivity index (χ4n) is 6.61. The Morgan fingerprint density at radius 3 is 1.59 bits per heavy atom. The molecule has 3 aliphatic heterocycles. The van der Waals surface area contributed by atoms with Gasteiger partial charge in [0.25, 0.3) is 0 Å². The predicted octanol–water partition coefficient (Wildman–Crippen LogP) is 6.20. The summed E-state index contributed by atoms with van der Waals surface area (Å²) in [5.74, 6) is 0.858. The van der Waals surface area contributed by atoms with E-state index in [1.54, 1.807) is 6.07 Å². The lowest BCUT2D eigenvalue weighted by Crippen LogP contribution is -2.44. The number of ether oxygens (including phenoxy) is 4. The highest BCUT2D eigenvalue weighted by atomic mass is 127. The highest BCUT2D eigenvalue weighted by molar-refractivity contribution is 14.1. The largest absolute Gasteiger partial charge is 0.495 e. The van der Waals surface area contributed by atoms with E-state index in [0.29, 0.717) is 54.6 Å². The Bertz CT molecular complexity index is 2300. The number of imidazole rings is 2. The molecule has 2 N–H and O–H groups in total. The molecule has 0 radical (unpaired) electrons. The minimum absolute atomic E-state index is 0.0188. The summed E-state index contributed by atoms with van der Waals surface area (Å²) in [6.45, 7) is 22.4. The van der Waals surface area contributed by atoms with Crippen LogP contribution in [0.5, 0.6) is 0 Å². The number of hydrogen-bond acceptors (Lipinski definition) is 12. The van der Waals surface area contributed by atoms with Gasteiger partial charge in [0.05, 0.1) is 79.5 Å². The van der Waals surface area contributed by atoms with Crippen molar-refractivity contribution in [2.24, 2.45) is 0 Å². The molecule has 306 valence electrons. The van der Waals surface area contributed by atoms with Crippen LogP contribution >= 0.6 is 22.6 Å². The molecule has 0 atom stereocenters. The van der Waals surface area contributed by atoms with Gasteiger partial charge in [0.15, 0.2) is 11.4 Å². The minimum Gasteiger partial charge on any atom is -0.465 e. The van der Waals surface area contributed by atoms with E-state index in [-0.39, 0.29) is 16.8 Å². The fraction of sp³-hybridized carbons (Fsp3) is 0.476. The van der Waals surface area contributed by atoms with Gasteiger partial charge in [-0.15, -0.1) is 0 Å². The standard InChI is InChI=1S/C18H19N3O3.C16H23BO4.C8H8IN3O/c1-10-5-11(2)13(16(22)23-4)6-12(10)15-14(7-19)20-17(21-15)18(3)8-24-9-18;1-10-8-11(2)13(9-12(10)14(18)19-7)17-20-15(3,4)16(5,6)21-17;1-8(3-13-4-8)7-11-5(2-10)6(9)12-7/h5-6H,8-9H2,1-4H3,(H,20,21);8-9H,1-7H3;3-4H2,1H3,(H,11,12). The monoisotopic (exact) mass is 904 g/mol. The summed E-state index contributed by atoms with van der Waals surface area (Å²) in [4.78, 5) is 38.9. The van der Waals surface area contributed by atoms with E-state index in [9.17, 15) is 14.9 Å². The Kier molecular flexibility index (Phi) is 13.0. The van der Waals surface area contributed by atoms with E-state index in [2.05, 4.69) is 55.5 Å². The van der Waals surface area contributed by atoms with E-state index < -0.39 is 24.3 Å². The molecule has 2 aromatic heterocycles. The quantitative estimate of drug-likeness (QED) is 0.127. The molecule has 58 heavy (non-hydrogen) atoms. The zero-order valence-electron chi connectivity index (χ0n) is 35.1. The lowest BCUT2D eigenvalue weighted by atomic mass is 9.75. The van der Waals surface area contributed by atoms with Crippen LogP contribution in [-0.4, -0.2) is 90.8 Å². The van der Waals surface area contributed by atoms with Crippen molar-refractivity contribution in [1.82, 2.24) is 19.9 Å². The summed E-state index contributed by atoms with van der Waals surface area (Å²) < 4.78 is 33.0. The number of aromatic amines is 2. The SMILES string of the molecule is CC1(c2nc(C#N)c(I)[nH]2)COC1.COC(=O)c1cc(-c2[nH]c(C3(C)COC3)nc2C#N)c(C)cc1C.COC(=O)c1cc(B2OC(C)(C)C(C)(C)O2)c(C)cc1C. The van der Waals surface area contributed by atoms with Crippen molar-refractivity contribution in [3.05, 3.63) is 84.4 Å². The molecule has 0 unspecified atom stereocenters. The number of aryl methyl sites for hydroxylation is 4. The van der Waals surface area contributed by atoms with Crippen molar-refractivity contribution in [3.8, 4) is 23.4 Å². The van der Waals surface area contributed by atoms with Gasteiger partial charge < -0.3 is 38.2 Å². The van der Waals surface area contributed by atoms with Crippen LogP contribution in [0, 0.1) is 54.1 Å². The third-order valence-corrected chi connectivity index (χ3v) is 12.0. The first-order chi connectivity index (χ1) is 27.1. The highest BCUT2D eigenvalue weighted by Gasteiger charge is 2.52. The topological polar surface area (TPSA) is 194 Å². The molecule has 3 aliphatic rings. The van der Waals surface area contributed by atoms with Gasteiger partial charge in [-0.2, -0.15) is 10.5 Å². The number of carbonyl (C=O) groups is 2. The zero-order chi connectivity index (χ0) is 43.0. The Hall–Kier alpha value is -4.59. The number of nitriles is 2. The number of aromatic nitrogens is 4. The van der Waals surface area contributed by atoms with Crippen molar-refractivity contribution in [2.45, 2.75) is 91.3 Å². The number of benzene rings is 2. The first-order valence-corrected chi connectivity index (χ1v) is 19.8. The average Bonchev–Trinajstić information content (AvgIpc) is 3.81. The van der Waals surface area contributed by atoms with Crippen LogP contribution in [0.1, 0.15) is 108 Å². The molecule has 5 heterocycles.